The lowest BCUT2D eigenvalue weighted by Crippen LogP contribution is -2.45. The first kappa shape index (κ1) is 17.2. The Morgan fingerprint density at radius 1 is 1.43 bits per heavy atom. The molecule has 0 saturated carbocycles. The number of hydrogen-bond acceptors (Lipinski definition) is 5. The van der Waals surface area contributed by atoms with Crippen LogP contribution >= 0.6 is 0 Å². The molecule has 4 N–H and O–H groups in total. The van der Waals surface area contributed by atoms with Crippen LogP contribution in [0.2, 0.25) is 0 Å². The van der Waals surface area contributed by atoms with Crippen molar-refractivity contribution in [2.75, 3.05) is 26.7 Å². The number of amides is 3. The Morgan fingerprint density at radius 2 is 2.14 bits per heavy atom. The second-order valence-electron chi connectivity index (χ2n) is 5.85. The van der Waals surface area contributed by atoms with E-state index in [1.165, 1.54) is 6.26 Å². The maximum Gasteiger partial charge on any atom is 0.321 e. The van der Waals surface area contributed by atoms with Crippen molar-refractivity contribution in [3.05, 3.63) is 24.2 Å². The summed E-state index contributed by atoms with van der Waals surface area (Å²) in [6.45, 7) is 5.63. The summed E-state index contributed by atoms with van der Waals surface area (Å²) in [4.78, 5) is 25.1. The number of rotatable bonds is 7. The molecule has 1 rings (SSSR count). The Kier molecular flexibility index (Phi) is 6.39. The maximum absolute atomic E-state index is 11.7. The van der Waals surface area contributed by atoms with Crippen LogP contribution in [0.4, 0.5) is 4.79 Å². The fourth-order valence-electron chi connectivity index (χ4n) is 1.89. The third kappa shape index (κ3) is 6.92. The van der Waals surface area contributed by atoms with Crippen LogP contribution in [0.3, 0.4) is 0 Å². The summed E-state index contributed by atoms with van der Waals surface area (Å²) < 4.78 is 5.07. The average Bonchev–Trinajstić information content (AvgIpc) is 2.88. The van der Waals surface area contributed by atoms with Crippen LogP contribution in [-0.4, -0.2) is 43.5 Å². The fraction of sp³-hybridized carbons (Fsp3) is 0.571. The Labute approximate surface area is 124 Å². The highest BCUT2D eigenvalue weighted by atomic mass is 16.3. The summed E-state index contributed by atoms with van der Waals surface area (Å²) in [5.74, 6) is 0.265. The fourth-order valence-corrected chi connectivity index (χ4v) is 1.89. The molecule has 0 atom stereocenters. The van der Waals surface area contributed by atoms with Crippen LogP contribution in [0, 0.1) is 5.41 Å². The molecular weight excluding hydrogens is 272 g/mol. The van der Waals surface area contributed by atoms with Crippen molar-refractivity contribution in [2.45, 2.75) is 20.4 Å². The van der Waals surface area contributed by atoms with E-state index in [0.717, 1.165) is 0 Å². The van der Waals surface area contributed by atoms with E-state index in [1.54, 1.807) is 12.1 Å². The first-order chi connectivity index (χ1) is 9.82. The predicted molar refractivity (Wildman–Crippen MR) is 79.4 cm³/mol. The summed E-state index contributed by atoms with van der Waals surface area (Å²) in [6.07, 6.45) is 1.52. The zero-order valence-electron chi connectivity index (χ0n) is 12.8. The summed E-state index contributed by atoms with van der Waals surface area (Å²) in [5.41, 5.74) is 5.58. The van der Waals surface area contributed by atoms with Gasteiger partial charge in [0.15, 0.2) is 0 Å². The molecule has 0 saturated heterocycles. The smallest absolute Gasteiger partial charge is 0.321 e. The lowest BCUT2D eigenvalue weighted by molar-refractivity contribution is -0.121. The van der Waals surface area contributed by atoms with Gasteiger partial charge >= 0.3 is 6.03 Å². The lowest BCUT2D eigenvalue weighted by atomic mass is 9.93. The molecule has 0 bridgehead atoms. The zero-order valence-corrected chi connectivity index (χ0v) is 12.8. The molecule has 0 fully saturated rings. The van der Waals surface area contributed by atoms with Gasteiger partial charge in [-0.3, -0.25) is 15.0 Å². The lowest BCUT2D eigenvalue weighted by Gasteiger charge is -2.28. The Bertz CT molecular complexity index is 457. The molecule has 1 heterocycles. The summed E-state index contributed by atoms with van der Waals surface area (Å²) >= 11 is 0. The van der Waals surface area contributed by atoms with Gasteiger partial charge in [0.05, 0.1) is 19.4 Å². The summed E-state index contributed by atoms with van der Waals surface area (Å²) in [6, 6.07) is 2.93. The highest BCUT2D eigenvalue weighted by Crippen LogP contribution is 2.13. The third-order valence-electron chi connectivity index (χ3n) is 2.92. The zero-order chi connectivity index (χ0) is 15.9. The van der Waals surface area contributed by atoms with Gasteiger partial charge in [-0.25, -0.2) is 4.79 Å². The van der Waals surface area contributed by atoms with Gasteiger partial charge in [-0.05, 0) is 31.1 Å². The Hall–Kier alpha value is -1.86. The van der Waals surface area contributed by atoms with E-state index < -0.39 is 6.03 Å². The van der Waals surface area contributed by atoms with Crippen molar-refractivity contribution < 1.29 is 14.0 Å². The number of nitrogens with zero attached hydrogens (tertiary/aromatic N) is 1. The van der Waals surface area contributed by atoms with Crippen molar-refractivity contribution in [1.29, 1.82) is 0 Å². The molecule has 0 aromatic carbocycles. The first-order valence-corrected chi connectivity index (χ1v) is 6.81. The normalized spacial score (nSPS) is 11.5. The van der Waals surface area contributed by atoms with E-state index in [1.807, 2.05) is 25.8 Å². The van der Waals surface area contributed by atoms with Gasteiger partial charge in [-0.1, -0.05) is 13.8 Å². The van der Waals surface area contributed by atoms with Gasteiger partial charge in [0, 0.05) is 6.54 Å². The molecule has 7 nitrogen and oxygen atoms in total. The van der Waals surface area contributed by atoms with E-state index in [0.29, 0.717) is 18.8 Å². The van der Waals surface area contributed by atoms with Gasteiger partial charge < -0.3 is 15.5 Å². The van der Waals surface area contributed by atoms with E-state index >= 15 is 0 Å². The highest BCUT2D eigenvalue weighted by Gasteiger charge is 2.20. The molecule has 0 aliphatic carbocycles. The summed E-state index contributed by atoms with van der Waals surface area (Å²) in [5, 5.41) is 4.82. The minimum atomic E-state index is -0.539. The summed E-state index contributed by atoms with van der Waals surface area (Å²) in [7, 11) is 1.82. The molecule has 0 aliphatic heterocycles. The number of likely N-dealkylation sites (N-methyl/N-ethyl adjacent to an activating group) is 1. The number of nitrogens with one attached hydrogen (secondary N) is 2. The topological polar surface area (TPSA) is 101 Å². The van der Waals surface area contributed by atoms with Crippen LogP contribution < -0.4 is 16.4 Å². The van der Waals surface area contributed by atoms with E-state index in [-0.39, 0.29) is 24.4 Å². The van der Waals surface area contributed by atoms with Crippen LogP contribution in [0.5, 0.6) is 0 Å². The van der Waals surface area contributed by atoms with Crippen molar-refractivity contribution in [2.24, 2.45) is 11.1 Å². The SMILES string of the molecule is CN(CC(=O)NC(=O)NCc1ccco1)CC(C)(C)CN. The van der Waals surface area contributed by atoms with Crippen molar-refractivity contribution in [1.82, 2.24) is 15.5 Å². The quantitative estimate of drug-likeness (QED) is 0.681. The molecule has 0 unspecified atom stereocenters. The number of carbonyl (C=O) groups excluding carboxylic acids is 2. The predicted octanol–water partition coefficient (Wildman–Crippen LogP) is 0.522. The molecule has 3 amide bonds. The number of imide groups is 1. The van der Waals surface area contributed by atoms with Gasteiger partial charge in [-0.2, -0.15) is 0 Å². The van der Waals surface area contributed by atoms with Crippen LogP contribution in [0.1, 0.15) is 19.6 Å². The molecular formula is C14H24N4O3. The molecule has 0 aliphatic rings. The third-order valence-corrected chi connectivity index (χ3v) is 2.92. The van der Waals surface area contributed by atoms with Gasteiger partial charge in [0.2, 0.25) is 5.91 Å². The molecule has 1 aromatic rings. The second kappa shape index (κ2) is 7.80. The van der Waals surface area contributed by atoms with Gasteiger partial charge in [0.25, 0.3) is 0 Å². The second-order valence-corrected chi connectivity index (χ2v) is 5.85. The molecule has 0 radical (unpaired) electrons. The van der Waals surface area contributed by atoms with Crippen molar-refractivity contribution in [3.8, 4) is 0 Å². The molecule has 0 spiro atoms. The minimum Gasteiger partial charge on any atom is -0.467 e. The first-order valence-electron chi connectivity index (χ1n) is 6.81. The number of hydrogen-bond donors (Lipinski definition) is 3. The van der Waals surface area contributed by atoms with Crippen molar-refractivity contribution >= 4 is 11.9 Å². The van der Waals surface area contributed by atoms with E-state index in [4.69, 9.17) is 10.2 Å². The Balaban J connectivity index is 2.27. The van der Waals surface area contributed by atoms with Crippen molar-refractivity contribution in [3.63, 3.8) is 0 Å². The van der Waals surface area contributed by atoms with Crippen LogP contribution in [-0.2, 0) is 11.3 Å². The Morgan fingerprint density at radius 3 is 2.71 bits per heavy atom. The monoisotopic (exact) mass is 296 g/mol. The van der Waals surface area contributed by atoms with Crippen LogP contribution in [0.15, 0.2) is 22.8 Å². The van der Waals surface area contributed by atoms with Crippen LogP contribution in [0.25, 0.3) is 0 Å². The van der Waals surface area contributed by atoms with E-state index in [2.05, 4.69) is 10.6 Å². The average molecular weight is 296 g/mol. The molecule has 21 heavy (non-hydrogen) atoms. The molecule has 7 heteroatoms. The number of carbonyl (C=O) groups is 2. The number of urea groups is 1. The minimum absolute atomic E-state index is 0.0728. The number of nitrogens with two attached hydrogens (primary N) is 1. The highest BCUT2D eigenvalue weighted by molar-refractivity contribution is 5.95. The molecule has 1 aromatic heterocycles. The maximum atomic E-state index is 11.7. The van der Waals surface area contributed by atoms with Gasteiger partial charge in [-0.15, -0.1) is 0 Å². The van der Waals surface area contributed by atoms with E-state index in [9.17, 15) is 9.59 Å². The standard InChI is InChI=1S/C14H24N4O3/c1-14(2,9-15)10-18(3)8-12(19)17-13(20)16-7-11-5-4-6-21-11/h4-6H,7-10,15H2,1-3H3,(H2,16,17,19,20). The number of furan rings is 1. The molecule has 118 valence electrons. The largest absolute Gasteiger partial charge is 0.467 e. The van der Waals surface area contributed by atoms with Gasteiger partial charge in [0.1, 0.15) is 5.76 Å².